The molecule has 5 heteroatoms. The van der Waals surface area contributed by atoms with Crippen LogP contribution in [0.1, 0.15) is 19.8 Å². The van der Waals surface area contributed by atoms with Gasteiger partial charge in [0.25, 0.3) is 0 Å². The lowest BCUT2D eigenvalue weighted by Crippen LogP contribution is -2.38. The zero-order chi connectivity index (χ0) is 10.4. The molecule has 0 bridgehead atoms. The zero-order valence-electron chi connectivity index (χ0n) is 8.16. The second-order valence-electron chi connectivity index (χ2n) is 3.16. The molecule has 1 aliphatic carbocycles. The van der Waals surface area contributed by atoms with E-state index in [4.69, 9.17) is 10.1 Å². The van der Waals surface area contributed by atoms with Crippen molar-refractivity contribution < 1.29 is 14.6 Å². The number of rotatable bonds is 6. The van der Waals surface area contributed by atoms with Crippen molar-refractivity contribution in [3.63, 3.8) is 0 Å². The van der Waals surface area contributed by atoms with Crippen LogP contribution in [0.4, 0.5) is 0 Å². The molecule has 0 spiro atoms. The van der Waals surface area contributed by atoms with Crippen molar-refractivity contribution in [1.82, 2.24) is 5.32 Å². The molecule has 0 saturated heterocycles. The number of hydrogen-bond acceptors (Lipinski definition) is 4. The number of carbonyl (C=O) groups is 1. The number of nitriles is 1. The van der Waals surface area contributed by atoms with Crippen molar-refractivity contribution in [3.05, 3.63) is 0 Å². The summed E-state index contributed by atoms with van der Waals surface area (Å²) in [6, 6.07) is 1.32. The standard InChI is InChI=1S/C9H14N2O3/c1-2-13-14-6-8(5-10)11-9(12)7-3-4-7/h7-8H,2-4,6H2,1H3,(H,11,12). The third-order valence-corrected chi connectivity index (χ3v) is 1.86. The van der Waals surface area contributed by atoms with Crippen LogP contribution in [-0.2, 0) is 14.6 Å². The normalized spacial score (nSPS) is 17.1. The van der Waals surface area contributed by atoms with Gasteiger partial charge in [0.2, 0.25) is 5.91 Å². The van der Waals surface area contributed by atoms with Gasteiger partial charge in [-0.15, -0.1) is 0 Å². The molecular formula is C9H14N2O3. The molecule has 0 aromatic rings. The Hall–Kier alpha value is -1.12. The van der Waals surface area contributed by atoms with Crippen LogP contribution in [0.15, 0.2) is 0 Å². The van der Waals surface area contributed by atoms with Gasteiger partial charge in [0.1, 0.15) is 12.6 Å². The SMILES string of the molecule is CCOOCC(C#N)NC(=O)C1CC1. The predicted octanol–water partition coefficient (Wildman–Crippen LogP) is 0.373. The molecule has 1 atom stereocenters. The Morgan fingerprint density at radius 1 is 1.64 bits per heavy atom. The number of hydrogen-bond donors (Lipinski definition) is 1. The van der Waals surface area contributed by atoms with E-state index in [1.807, 2.05) is 6.07 Å². The number of carbonyl (C=O) groups excluding carboxylic acids is 1. The van der Waals surface area contributed by atoms with Crippen LogP contribution in [-0.4, -0.2) is 25.2 Å². The quantitative estimate of drug-likeness (QED) is 0.380. The van der Waals surface area contributed by atoms with Crippen LogP contribution in [0.25, 0.3) is 0 Å². The summed E-state index contributed by atoms with van der Waals surface area (Å²) in [5, 5.41) is 11.3. The molecule has 1 aliphatic rings. The molecule has 1 amide bonds. The van der Waals surface area contributed by atoms with Crippen LogP contribution < -0.4 is 5.32 Å². The maximum atomic E-state index is 11.2. The van der Waals surface area contributed by atoms with Crippen molar-refractivity contribution in [2.24, 2.45) is 5.92 Å². The van der Waals surface area contributed by atoms with E-state index in [0.29, 0.717) is 6.61 Å². The van der Waals surface area contributed by atoms with Gasteiger partial charge in [0.05, 0.1) is 12.7 Å². The second-order valence-corrected chi connectivity index (χ2v) is 3.16. The van der Waals surface area contributed by atoms with Gasteiger partial charge in [-0.1, -0.05) is 0 Å². The molecule has 5 nitrogen and oxygen atoms in total. The van der Waals surface area contributed by atoms with E-state index in [0.717, 1.165) is 12.8 Å². The van der Waals surface area contributed by atoms with Crippen LogP contribution in [0.5, 0.6) is 0 Å². The van der Waals surface area contributed by atoms with Gasteiger partial charge in [-0.25, -0.2) is 9.78 Å². The lowest BCUT2D eigenvalue weighted by molar-refractivity contribution is -0.292. The van der Waals surface area contributed by atoms with Gasteiger partial charge in [0.15, 0.2) is 0 Å². The first-order chi connectivity index (χ1) is 6.77. The van der Waals surface area contributed by atoms with Crippen molar-refractivity contribution in [1.29, 1.82) is 5.26 Å². The van der Waals surface area contributed by atoms with Crippen LogP contribution in [0.2, 0.25) is 0 Å². The number of nitrogens with one attached hydrogen (secondary N) is 1. The maximum Gasteiger partial charge on any atom is 0.224 e. The van der Waals surface area contributed by atoms with E-state index >= 15 is 0 Å². The molecule has 0 aromatic heterocycles. The summed E-state index contributed by atoms with van der Waals surface area (Å²) in [6.07, 6.45) is 1.85. The Labute approximate surface area is 82.9 Å². The van der Waals surface area contributed by atoms with E-state index in [9.17, 15) is 4.79 Å². The maximum absolute atomic E-state index is 11.2. The number of amides is 1. The lowest BCUT2D eigenvalue weighted by atomic mass is 10.3. The first-order valence-corrected chi connectivity index (χ1v) is 4.72. The van der Waals surface area contributed by atoms with Crippen molar-refractivity contribution in [3.8, 4) is 6.07 Å². The fraction of sp³-hybridized carbons (Fsp3) is 0.778. The van der Waals surface area contributed by atoms with E-state index in [-0.39, 0.29) is 18.4 Å². The van der Waals surface area contributed by atoms with E-state index in [2.05, 4.69) is 10.2 Å². The average Bonchev–Trinajstić information content (AvgIpc) is 2.99. The highest BCUT2D eigenvalue weighted by molar-refractivity contribution is 5.81. The summed E-state index contributed by atoms with van der Waals surface area (Å²) in [6.45, 7) is 2.28. The van der Waals surface area contributed by atoms with Gasteiger partial charge in [-0.05, 0) is 19.8 Å². The van der Waals surface area contributed by atoms with E-state index in [1.54, 1.807) is 6.92 Å². The highest BCUT2D eigenvalue weighted by atomic mass is 17.2. The molecule has 1 rings (SSSR count). The first kappa shape index (κ1) is 11.0. The minimum Gasteiger partial charge on any atom is -0.338 e. The van der Waals surface area contributed by atoms with E-state index in [1.165, 1.54) is 0 Å². The lowest BCUT2D eigenvalue weighted by Gasteiger charge is -2.10. The highest BCUT2D eigenvalue weighted by Gasteiger charge is 2.30. The molecule has 1 saturated carbocycles. The minimum absolute atomic E-state index is 0.0587. The molecule has 1 fully saturated rings. The molecule has 14 heavy (non-hydrogen) atoms. The Morgan fingerprint density at radius 3 is 2.86 bits per heavy atom. The van der Waals surface area contributed by atoms with Gasteiger partial charge >= 0.3 is 0 Å². The van der Waals surface area contributed by atoms with Crippen molar-refractivity contribution in [2.75, 3.05) is 13.2 Å². The van der Waals surface area contributed by atoms with Gasteiger partial charge < -0.3 is 5.32 Å². The van der Waals surface area contributed by atoms with Gasteiger partial charge in [-0.2, -0.15) is 5.26 Å². The minimum atomic E-state index is -0.616. The summed E-state index contributed by atoms with van der Waals surface area (Å²) in [5.74, 6) is 0.0505. The molecule has 1 N–H and O–H groups in total. The van der Waals surface area contributed by atoms with E-state index < -0.39 is 6.04 Å². The predicted molar refractivity (Wildman–Crippen MR) is 47.8 cm³/mol. The van der Waals surface area contributed by atoms with Crippen molar-refractivity contribution >= 4 is 5.91 Å². The summed E-state index contributed by atoms with van der Waals surface area (Å²) in [7, 11) is 0. The molecular weight excluding hydrogens is 184 g/mol. The topological polar surface area (TPSA) is 71.3 Å². The highest BCUT2D eigenvalue weighted by Crippen LogP contribution is 2.28. The monoisotopic (exact) mass is 198 g/mol. The fourth-order valence-corrected chi connectivity index (χ4v) is 0.946. The first-order valence-electron chi connectivity index (χ1n) is 4.72. The fourth-order valence-electron chi connectivity index (χ4n) is 0.946. The summed E-state index contributed by atoms with van der Waals surface area (Å²) in [5.41, 5.74) is 0. The molecule has 0 aromatic carbocycles. The number of nitrogens with zero attached hydrogens (tertiary/aromatic N) is 1. The van der Waals surface area contributed by atoms with Crippen molar-refractivity contribution in [2.45, 2.75) is 25.8 Å². The molecule has 78 valence electrons. The average molecular weight is 198 g/mol. The molecule has 0 aliphatic heterocycles. The second kappa shape index (κ2) is 5.58. The third-order valence-electron chi connectivity index (χ3n) is 1.86. The van der Waals surface area contributed by atoms with Crippen LogP contribution in [0.3, 0.4) is 0 Å². The molecule has 1 unspecified atom stereocenters. The largest absolute Gasteiger partial charge is 0.338 e. The molecule has 0 radical (unpaired) electrons. The van der Waals surface area contributed by atoms with Gasteiger partial charge in [-0.3, -0.25) is 4.79 Å². The molecule has 0 heterocycles. The summed E-state index contributed by atoms with van der Waals surface area (Å²) >= 11 is 0. The Kier molecular flexibility index (Phi) is 4.36. The summed E-state index contributed by atoms with van der Waals surface area (Å²) in [4.78, 5) is 20.6. The van der Waals surface area contributed by atoms with Crippen LogP contribution in [0, 0.1) is 17.2 Å². The zero-order valence-corrected chi connectivity index (χ0v) is 8.16. The Morgan fingerprint density at radius 2 is 2.36 bits per heavy atom. The summed E-state index contributed by atoms with van der Waals surface area (Å²) < 4.78 is 0. The van der Waals surface area contributed by atoms with Gasteiger partial charge in [0, 0.05) is 5.92 Å². The Balaban J connectivity index is 2.17. The van der Waals surface area contributed by atoms with Crippen LogP contribution >= 0.6 is 0 Å². The Bertz CT molecular complexity index is 233. The smallest absolute Gasteiger partial charge is 0.224 e. The third kappa shape index (κ3) is 3.73.